The Hall–Kier alpha value is -1.96. The molecule has 1 unspecified atom stereocenters. The Labute approximate surface area is 113 Å². The number of nitrogens with zero attached hydrogens (tertiary/aromatic N) is 5. The third-order valence-electron chi connectivity index (χ3n) is 2.54. The summed E-state index contributed by atoms with van der Waals surface area (Å²) in [6.45, 7) is 1.93. The van der Waals surface area contributed by atoms with Crippen LogP contribution in [0.25, 0.3) is 11.5 Å². The fourth-order valence-electron chi connectivity index (χ4n) is 1.80. The van der Waals surface area contributed by atoms with Crippen LogP contribution >= 0.6 is 11.8 Å². The first-order chi connectivity index (χ1) is 9.22. The molecule has 2 aromatic heterocycles. The third-order valence-corrected chi connectivity index (χ3v) is 3.64. The number of hydrogen-bond donors (Lipinski definition) is 0. The molecule has 0 aromatic carbocycles. The standard InChI is InChI=1S/C11H11N5O2S/c1-7(17)18-8-5-16-11(19-6-8)14-10(15-16)9-4-12-2-3-13-9/h2-4,8H,5-6H2,1H3. The first-order valence-corrected chi connectivity index (χ1v) is 6.72. The van der Waals surface area contributed by atoms with Gasteiger partial charge in [-0.05, 0) is 0 Å². The molecule has 7 nitrogen and oxygen atoms in total. The number of ether oxygens (including phenoxy) is 1. The van der Waals surface area contributed by atoms with Gasteiger partial charge in [0.15, 0.2) is 5.16 Å². The predicted molar refractivity (Wildman–Crippen MR) is 67.3 cm³/mol. The van der Waals surface area contributed by atoms with E-state index in [2.05, 4.69) is 20.1 Å². The van der Waals surface area contributed by atoms with E-state index in [1.165, 1.54) is 18.7 Å². The van der Waals surface area contributed by atoms with Gasteiger partial charge in [-0.2, -0.15) is 4.98 Å². The van der Waals surface area contributed by atoms with Gasteiger partial charge >= 0.3 is 5.97 Å². The lowest BCUT2D eigenvalue weighted by molar-refractivity contribution is -0.146. The molecule has 98 valence electrons. The summed E-state index contributed by atoms with van der Waals surface area (Å²) in [6, 6.07) is 0. The molecule has 0 saturated carbocycles. The fraction of sp³-hybridized carbons (Fsp3) is 0.364. The second-order valence-electron chi connectivity index (χ2n) is 4.03. The van der Waals surface area contributed by atoms with E-state index in [0.717, 1.165) is 5.16 Å². The van der Waals surface area contributed by atoms with Gasteiger partial charge in [-0.1, -0.05) is 11.8 Å². The second-order valence-corrected chi connectivity index (χ2v) is 5.02. The Morgan fingerprint density at radius 1 is 1.53 bits per heavy atom. The topological polar surface area (TPSA) is 82.8 Å². The van der Waals surface area contributed by atoms with E-state index in [-0.39, 0.29) is 12.1 Å². The van der Waals surface area contributed by atoms with Crippen LogP contribution in [0.1, 0.15) is 6.92 Å². The normalized spacial score (nSPS) is 17.8. The summed E-state index contributed by atoms with van der Waals surface area (Å²) in [5, 5.41) is 5.18. The molecule has 1 aliphatic rings. The molecule has 0 radical (unpaired) electrons. The predicted octanol–water partition coefficient (Wildman–Crippen LogP) is 0.772. The highest BCUT2D eigenvalue weighted by atomic mass is 32.2. The quantitative estimate of drug-likeness (QED) is 0.750. The van der Waals surface area contributed by atoms with Gasteiger partial charge in [0.25, 0.3) is 0 Å². The first kappa shape index (κ1) is 12.1. The van der Waals surface area contributed by atoms with Crippen molar-refractivity contribution in [1.29, 1.82) is 0 Å². The van der Waals surface area contributed by atoms with Gasteiger partial charge in [-0.25, -0.2) is 9.67 Å². The summed E-state index contributed by atoms with van der Waals surface area (Å²) in [7, 11) is 0. The largest absolute Gasteiger partial charge is 0.460 e. The molecule has 8 heteroatoms. The molecule has 0 N–H and O–H groups in total. The van der Waals surface area contributed by atoms with Gasteiger partial charge in [0, 0.05) is 25.1 Å². The van der Waals surface area contributed by atoms with Gasteiger partial charge in [-0.3, -0.25) is 9.78 Å². The van der Waals surface area contributed by atoms with Crippen molar-refractivity contribution in [2.45, 2.75) is 24.7 Å². The van der Waals surface area contributed by atoms with E-state index in [9.17, 15) is 4.79 Å². The Morgan fingerprint density at radius 2 is 2.42 bits per heavy atom. The monoisotopic (exact) mass is 277 g/mol. The average Bonchev–Trinajstić information content (AvgIpc) is 2.82. The van der Waals surface area contributed by atoms with Crippen molar-refractivity contribution >= 4 is 17.7 Å². The summed E-state index contributed by atoms with van der Waals surface area (Å²) < 4.78 is 6.93. The average molecular weight is 277 g/mol. The van der Waals surface area contributed by atoms with E-state index in [0.29, 0.717) is 23.8 Å². The van der Waals surface area contributed by atoms with Crippen LogP contribution in [0, 0.1) is 0 Å². The van der Waals surface area contributed by atoms with Crippen LogP contribution in [0.2, 0.25) is 0 Å². The zero-order chi connectivity index (χ0) is 13.2. The summed E-state index contributed by atoms with van der Waals surface area (Å²) in [4.78, 5) is 23.5. The van der Waals surface area contributed by atoms with Gasteiger partial charge in [-0.15, -0.1) is 5.10 Å². The smallest absolute Gasteiger partial charge is 0.302 e. The van der Waals surface area contributed by atoms with Crippen molar-refractivity contribution in [2.24, 2.45) is 0 Å². The Kier molecular flexibility index (Phi) is 3.16. The number of hydrogen-bond acceptors (Lipinski definition) is 7. The lowest BCUT2D eigenvalue weighted by Gasteiger charge is -2.21. The van der Waals surface area contributed by atoms with E-state index in [1.807, 2.05) is 0 Å². The Morgan fingerprint density at radius 3 is 3.16 bits per heavy atom. The molecule has 0 fully saturated rings. The Balaban J connectivity index is 1.83. The molecule has 2 aromatic rings. The number of rotatable bonds is 2. The van der Waals surface area contributed by atoms with Crippen LogP contribution in [0.3, 0.4) is 0 Å². The lowest BCUT2D eigenvalue weighted by Crippen LogP contribution is -2.29. The number of aromatic nitrogens is 5. The highest BCUT2D eigenvalue weighted by molar-refractivity contribution is 7.99. The van der Waals surface area contributed by atoms with Crippen LogP contribution < -0.4 is 0 Å². The maximum Gasteiger partial charge on any atom is 0.302 e. The second kappa shape index (κ2) is 4.96. The number of fused-ring (bicyclic) bond motifs is 1. The third kappa shape index (κ3) is 2.58. The van der Waals surface area contributed by atoms with Crippen LogP contribution in [-0.4, -0.2) is 42.6 Å². The van der Waals surface area contributed by atoms with Crippen LogP contribution in [0.15, 0.2) is 23.7 Å². The highest BCUT2D eigenvalue weighted by Gasteiger charge is 2.24. The zero-order valence-corrected chi connectivity index (χ0v) is 11.0. The first-order valence-electron chi connectivity index (χ1n) is 5.73. The number of carbonyl (C=O) groups is 1. The Bertz CT molecular complexity index is 600. The van der Waals surface area contributed by atoms with E-state index in [1.54, 1.807) is 23.3 Å². The van der Waals surface area contributed by atoms with Crippen molar-refractivity contribution in [1.82, 2.24) is 24.7 Å². The lowest BCUT2D eigenvalue weighted by atomic mass is 10.4. The van der Waals surface area contributed by atoms with Gasteiger partial charge in [0.2, 0.25) is 5.82 Å². The summed E-state index contributed by atoms with van der Waals surface area (Å²) in [5.74, 6) is 0.959. The highest BCUT2D eigenvalue weighted by Crippen LogP contribution is 2.26. The van der Waals surface area contributed by atoms with E-state index >= 15 is 0 Å². The molecule has 0 amide bonds. The van der Waals surface area contributed by atoms with Crippen molar-refractivity contribution in [3.63, 3.8) is 0 Å². The molecule has 0 spiro atoms. The molecule has 0 saturated heterocycles. The molecular formula is C11H11N5O2S. The SMILES string of the molecule is CC(=O)OC1CSc2nc(-c3cnccn3)nn2C1. The van der Waals surface area contributed by atoms with Gasteiger partial charge < -0.3 is 4.74 Å². The van der Waals surface area contributed by atoms with Gasteiger partial charge in [0.1, 0.15) is 11.8 Å². The molecular weight excluding hydrogens is 266 g/mol. The van der Waals surface area contributed by atoms with Crippen LogP contribution in [-0.2, 0) is 16.1 Å². The summed E-state index contributed by atoms with van der Waals surface area (Å²) in [5.41, 5.74) is 0.633. The molecule has 19 heavy (non-hydrogen) atoms. The molecule has 1 atom stereocenters. The van der Waals surface area contributed by atoms with Crippen molar-refractivity contribution in [3.8, 4) is 11.5 Å². The summed E-state index contributed by atoms with van der Waals surface area (Å²) in [6.07, 6.45) is 4.66. The number of esters is 1. The van der Waals surface area contributed by atoms with Crippen LogP contribution in [0.5, 0.6) is 0 Å². The van der Waals surface area contributed by atoms with Crippen LogP contribution in [0.4, 0.5) is 0 Å². The zero-order valence-electron chi connectivity index (χ0n) is 10.2. The van der Waals surface area contributed by atoms with Crippen molar-refractivity contribution in [2.75, 3.05) is 5.75 Å². The molecule has 1 aliphatic heterocycles. The minimum Gasteiger partial charge on any atom is -0.460 e. The minimum atomic E-state index is -0.275. The minimum absolute atomic E-state index is 0.161. The number of carbonyl (C=O) groups excluding carboxylic acids is 1. The summed E-state index contributed by atoms with van der Waals surface area (Å²) >= 11 is 1.52. The van der Waals surface area contributed by atoms with Crippen molar-refractivity contribution in [3.05, 3.63) is 18.6 Å². The maximum atomic E-state index is 11.0. The van der Waals surface area contributed by atoms with E-state index in [4.69, 9.17) is 4.74 Å². The fourth-order valence-corrected chi connectivity index (χ4v) is 2.72. The van der Waals surface area contributed by atoms with Crippen molar-refractivity contribution < 1.29 is 9.53 Å². The van der Waals surface area contributed by atoms with E-state index < -0.39 is 0 Å². The molecule has 3 rings (SSSR count). The molecule has 0 bridgehead atoms. The maximum absolute atomic E-state index is 11.0. The molecule has 0 aliphatic carbocycles. The van der Waals surface area contributed by atoms with Gasteiger partial charge in [0.05, 0.1) is 12.7 Å². The molecule has 3 heterocycles. The number of thioether (sulfide) groups is 1.